The third kappa shape index (κ3) is 7.52. The highest BCUT2D eigenvalue weighted by molar-refractivity contribution is 7.92. The molecule has 2 amide bonds. The average Bonchev–Trinajstić information content (AvgIpc) is 2.80. The molecule has 0 radical (unpaired) electrons. The minimum Gasteiger partial charge on any atom is -0.352 e. The molecule has 0 spiro atoms. The molecule has 7 nitrogen and oxygen atoms in total. The van der Waals surface area contributed by atoms with Crippen LogP contribution in [0.15, 0.2) is 48.5 Å². The van der Waals surface area contributed by atoms with Gasteiger partial charge < -0.3 is 10.2 Å². The number of nitrogens with one attached hydrogen (secondary N) is 1. The van der Waals surface area contributed by atoms with E-state index in [0.717, 1.165) is 16.1 Å². The second-order valence-electron chi connectivity index (χ2n) is 9.09. The first-order valence-corrected chi connectivity index (χ1v) is 13.6. The fourth-order valence-electron chi connectivity index (χ4n) is 3.66. The molecule has 9 heteroatoms. The van der Waals surface area contributed by atoms with Crippen LogP contribution in [0.3, 0.4) is 0 Å². The molecule has 0 aliphatic rings. The number of sulfonamides is 1. The lowest BCUT2D eigenvalue weighted by Crippen LogP contribution is -2.52. The van der Waals surface area contributed by atoms with Crippen molar-refractivity contribution < 1.29 is 22.4 Å². The molecule has 0 aliphatic carbocycles. The zero-order valence-corrected chi connectivity index (χ0v) is 22.1. The molecular formula is C26H36FN3O4S. The Kier molecular flexibility index (Phi) is 9.82. The minimum atomic E-state index is -3.84. The van der Waals surface area contributed by atoms with Gasteiger partial charge in [0.25, 0.3) is 0 Å². The Bertz CT molecular complexity index is 1140. The zero-order valence-electron chi connectivity index (χ0n) is 21.3. The number of amides is 2. The third-order valence-corrected chi connectivity index (χ3v) is 7.10. The SMILES string of the molecule is CC[C@@H](C)NC(=O)[C@@H](C)N(Cc1ccccc1F)C(=O)CN(c1ccccc1C(C)C)S(C)(=O)=O. The van der Waals surface area contributed by atoms with E-state index in [1.807, 2.05) is 39.8 Å². The molecule has 0 aliphatic heterocycles. The van der Waals surface area contributed by atoms with Crippen LogP contribution in [0.4, 0.5) is 10.1 Å². The maximum absolute atomic E-state index is 14.5. The standard InChI is InChI=1S/C26H36FN3O4S/c1-7-19(4)28-26(32)20(5)29(16-21-12-8-10-14-23(21)27)25(31)17-30(35(6,33)34)24-15-11-9-13-22(24)18(2)3/h8-15,18-20H,7,16-17H2,1-6H3,(H,28,32)/t19-,20-/m1/s1. The van der Waals surface area contributed by atoms with Gasteiger partial charge in [0.2, 0.25) is 21.8 Å². The van der Waals surface area contributed by atoms with Crippen molar-refractivity contribution in [3.05, 3.63) is 65.5 Å². The summed E-state index contributed by atoms with van der Waals surface area (Å²) in [5, 5.41) is 2.85. The Morgan fingerprint density at radius 1 is 1.00 bits per heavy atom. The number of benzene rings is 2. The topological polar surface area (TPSA) is 86.8 Å². The van der Waals surface area contributed by atoms with Gasteiger partial charge in [-0.25, -0.2) is 12.8 Å². The van der Waals surface area contributed by atoms with Crippen molar-refractivity contribution in [3.63, 3.8) is 0 Å². The molecule has 0 fully saturated rings. The number of halogens is 1. The highest BCUT2D eigenvalue weighted by Gasteiger charge is 2.31. The maximum atomic E-state index is 14.5. The van der Waals surface area contributed by atoms with Gasteiger partial charge in [-0.05, 0) is 43.9 Å². The van der Waals surface area contributed by atoms with Gasteiger partial charge in [0.05, 0.1) is 11.9 Å². The quantitative estimate of drug-likeness (QED) is 0.499. The summed E-state index contributed by atoms with van der Waals surface area (Å²) >= 11 is 0. The summed E-state index contributed by atoms with van der Waals surface area (Å²) in [7, 11) is -3.84. The van der Waals surface area contributed by atoms with E-state index in [0.29, 0.717) is 12.1 Å². The second-order valence-corrected chi connectivity index (χ2v) is 11.0. The van der Waals surface area contributed by atoms with Crippen molar-refractivity contribution in [2.45, 2.75) is 65.6 Å². The summed E-state index contributed by atoms with van der Waals surface area (Å²) in [6.07, 6.45) is 1.74. The minimum absolute atomic E-state index is 0.0142. The first-order chi connectivity index (χ1) is 16.4. The van der Waals surface area contributed by atoms with Crippen molar-refractivity contribution in [3.8, 4) is 0 Å². The average molecular weight is 506 g/mol. The summed E-state index contributed by atoms with van der Waals surface area (Å²) in [4.78, 5) is 27.7. The molecule has 192 valence electrons. The molecule has 1 N–H and O–H groups in total. The largest absolute Gasteiger partial charge is 0.352 e. The van der Waals surface area contributed by atoms with Crippen molar-refractivity contribution in [1.29, 1.82) is 0 Å². The van der Waals surface area contributed by atoms with Gasteiger partial charge in [0.15, 0.2) is 0 Å². The lowest BCUT2D eigenvalue weighted by molar-refractivity contribution is -0.139. The summed E-state index contributed by atoms with van der Waals surface area (Å²) in [6.45, 7) is 8.51. The van der Waals surface area contributed by atoms with Gasteiger partial charge in [-0.15, -0.1) is 0 Å². The molecule has 35 heavy (non-hydrogen) atoms. The lowest BCUT2D eigenvalue weighted by atomic mass is 10.0. The van der Waals surface area contributed by atoms with Crippen LogP contribution in [0.5, 0.6) is 0 Å². The Labute approximate surface area is 208 Å². The van der Waals surface area contributed by atoms with Gasteiger partial charge in [-0.3, -0.25) is 13.9 Å². The highest BCUT2D eigenvalue weighted by atomic mass is 32.2. The van der Waals surface area contributed by atoms with E-state index in [9.17, 15) is 22.4 Å². The smallest absolute Gasteiger partial charge is 0.244 e. The normalized spacial score (nSPS) is 13.3. The van der Waals surface area contributed by atoms with E-state index < -0.39 is 40.2 Å². The number of anilines is 1. The van der Waals surface area contributed by atoms with Crippen LogP contribution in [-0.4, -0.2) is 50.0 Å². The predicted octanol–water partition coefficient (Wildman–Crippen LogP) is 4.05. The number of hydrogen-bond donors (Lipinski definition) is 1. The molecule has 0 unspecified atom stereocenters. The van der Waals surface area contributed by atoms with E-state index in [1.165, 1.54) is 23.1 Å². The number of hydrogen-bond acceptors (Lipinski definition) is 4. The number of nitrogens with zero attached hydrogens (tertiary/aromatic N) is 2. The molecule has 2 aromatic rings. The van der Waals surface area contributed by atoms with Gasteiger partial charge in [-0.1, -0.05) is 57.2 Å². The van der Waals surface area contributed by atoms with Crippen LogP contribution in [0.2, 0.25) is 0 Å². The molecule has 0 saturated carbocycles. The van der Waals surface area contributed by atoms with Gasteiger partial charge in [0, 0.05) is 18.2 Å². The number of para-hydroxylation sites is 1. The molecule has 0 heterocycles. The summed E-state index contributed by atoms with van der Waals surface area (Å²) in [5.74, 6) is -1.49. The van der Waals surface area contributed by atoms with Crippen LogP contribution in [0.25, 0.3) is 0 Å². The van der Waals surface area contributed by atoms with E-state index in [-0.39, 0.29) is 24.1 Å². The first-order valence-electron chi connectivity index (χ1n) is 11.8. The Balaban J connectivity index is 2.47. The molecule has 0 saturated heterocycles. The van der Waals surface area contributed by atoms with Crippen molar-refractivity contribution >= 4 is 27.5 Å². The summed E-state index contributed by atoms with van der Waals surface area (Å²) in [6, 6.07) is 12.0. The van der Waals surface area contributed by atoms with Crippen LogP contribution >= 0.6 is 0 Å². The molecule has 2 rings (SSSR count). The summed E-state index contributed by atoms with van der Waals surface area (Å²) < 4.78 is 41.1. The molecule has 2 aromatic carbocycles. The van der Waals surface area contributed by atoms with Crippen LogP contribution in [-0.2, 0) is 26.2 Å². The highest BCUT2D eigenvalue weighted by Crippen LogP contribution is 2.29. The second kappa shape index (κ2) is 12.2. The van der Waals surface area contributed by atoms with Crippen LogP contribution in [0, 0.1) is 5.82 Å². The molecule has 0 bridgehead atoms. The molecule has 2 atom stereocenters. The van der Waals surface area contributed by atoms with Crippen molar-refractivity contribution in [2.24, 2.45) is 0 Å². The fourth-order valence-corrected chi connectivity index (χ4v) is 4.52. The Morgan fingerprint density at radius 2 is 1.60 bits per heavy atom. The zero-order chi connectivity index (χ0) is 26.3. The van der Waals surface area contributed by atoms with Crippen LogP contribution < -0.4 is 9.62 Å². The predicted molar refractivity (Wildman–Crippen MR) is 137 cm³/mol. The van der Waals surface area contributed by atoms with Gasteiger partial charge >= 0.3 is 0 Å². The van der Waals surface area contributed by atoms with Crippen molar-refractivity contribution in [2.75, 3.05) is 17.1 Å². The van der Waals surface area contributed by atoms with E-state index in [2.05, 4.69) is 5.32 Å². The van der Waals surface area contributed by atoms with Gasteiger partial charge in [-0.2, -0.15) is 0 Å². The van der Waals surface area contributed by atoms with E-state index in [4.69, 9.17) is 0 Å². The number of carbonyl (C=O) groups is 2. The molecule has 0 aromatic heterocycles. The van der Waals surface area contributed by atoms with Crippen molar-refractivity contribution in [1.82, 2.24) is 10.2 Å². The lowest BCUT2D eigenvalue weighted by Gasteiger charge is -2.32. The van der Waals surface area contributed by atoms with E-state index in [1.54, 1.807) is 25.1 Å². The summed E-state index contributed by atoms with van der Waals surface area (Å²) in [5.41, 5.74) is 1.41. The van der Waals surface area contributed by atoms with Gasteiger partial charge in [0.1, 0.15) is 18.4 Å². The third-order valence-electron chi connectivity index (χ3n) is 5.97. The molecular weight excluding hydrogens is 469 g/mol. The Hall–Kier alpha value is -2.94. The monoisotopic (exact) mass is 505 g/mol. The van der Waals surface area contributed by atoms with E-state index >= 15 is 0 Å². The Morgan fingerprint density at radius 3 is 2.17 bits per heavy atom. The number of carbonyl (C=O) groups excluding carboxylic acids is 2. The maximum Gasteiger partial charge on any atom is 0.244 e. The first kappa shape index (κ1) is 28.3. The van der Waals surface area contributed by atoms with Crippen LogP contribution in [0.1, 0.15) is 58.1 Å². The number of rotatable bonds is 11. The fraction of sp³-hybridized carbons (Fsp3) is 0.462.